The molecule has 0 aliphatic rings. The van der Waals surface area contributed by atoms with Crippen molar-refractivity contribution in [1.29, 1.82) is 0 Å². The largest absolute Gasteiger partial charge is 0.496 e. The van der Waals surface area contributed by atoms with Crippen LogP contribution in [0.4, 0.5) is 0 Å². The van der Waals surface area contributed by atoms with Gasteiger partial charge in [0.05, 0.1) is 7.11 Å². The Labute approximate surface area is 131 Å². The zero-order valence-electron chi connectivity index (χ0n) is 14.6. The number of nitrogens with one attached hydrogen (secondary N) is 1. The summed E-state index contributed by atoms with van der Waals surface area (Å²) in [6, 6.07) is 9.39. The molecule has 0 bridgehead atoms. The lowest BCUT2D eigenvalue weighted by Crippen LogP contribution is -2.39. The first kappa shape index (κ1) is 18.0. The molecule has 0 heterocycles. The predicted octanol–water partition coefficient (Wildman–Crippen LogP) is 4.68. The molecule has 0 spiro atoms. The lowest BCUT2D eigenvalue weighted by molar-refractivity contribution is 0.330. The molecule has 1 unspecified atom stereocenters. The van der Waals surface area contributed by atoms with Gasteiger partial charge >= 0.3 is 0 Å². The molecule has 2 nitrogen and oxygen atoms in total. The summed E-state index contributed by atoms with van der Waals surface area (Å²) in [5, 5.41) is 3.82. The second kappa shape index (κ2) is 9.09. The van der Waals surface area contributed by atoms with Crippen LogP contribution < -0.4 is 10.1 Å². The Morgan fingerprint density at radius 1 is 0.952 bits per heavy atom. The molecule has 1 aromatic carbocycles. The molecule has 120 valence electrons. The minimum Gasteiger partial charge on any atom is -0.496 e. The Morgan fingerprint density at radius 2 is 1.52 bits per heavy atom. The fraction of sp³-hybridized carbons (Fsp3) is 0.684. The van der Waals surface area contributed by atoms with Gasteiger partial charge in [-0.1, -0.05) is 45.9 Å². The van der Waals surface area contributed by atoms with Gasteiger partial charge in [-0.2, -0.15) is 0 Å². The first-order valence-electron chi connectivity index (χ1n) is 8.30. The van der Waals surface area contributed by atoms with Crippen molar-refractivity contribution in [3.8, 4) is 5.75 Å². The van der Waals surface area contributed by atoms with Crippen molar-refractivity contribution in [1.82, 2.24) is 5.32 Å². The van der Waals surface area contributed by atoms with Gasteiger partial charge in [0.1, 0.15) is 5.75 Å². The summed E-state index contributed by atoms with van der Waals surface area (Å²) in [4.78, 5) is 0. The van der Waals surface area contributed by atoms with Gasteiger partial charge in [-0.25, -0.2) is 0 Å². The summed E-state index contributed by atoms with van der Waals surface area (Å²) in [6.07, 6.45) is 3.50. The van der Waals surface area contributed by atoms with E-state index in [9.17, 15) is 0 Å². The topological polar surface area (TPSA) is 21.3 Å². The van der Waals surface area contributed by atoms with E-state index >= 15 is 0 Å². The molecule has 0 saturated heterocycles. The quantitative estimate of drug-likeness (QED) is 0.713. The highest BCUT2D eigenvalue weighted by Gasteiger charge is 2.16. The maximum atomic E-state index is 5.45. The van der Waals surface area contributed by atoms with Crippen molar-refractivity contribution >= 4 is 0 Å². The zero-order chi connectivity index (χ0) is 15.8. The van der Waals surface area contributed by atoms with Crippen molar-refractivity contribution in [2.24, 2.45) is 11.8 Å². The number of benzene rings is 1. The molecule has 0 fully saturated rings. The van der Waals surface area contributed by atoms with Gasteiger partial charge in [-0.3, -0.25) is 0 Å². The van der Waals surface area contributed by atoms with E-state index in [2.05, 4.69) is 52.1 Å². The van der Waals surface area contributed by atoms with Crippen molar-refractivity contribution in [2.45, 2.75) is 66.0 Å². The Morgan fingerprint density at radius 3 is 2.05 bits per heavy atom. The van der Waals surface area contributed by atoms with E-state index in [0.29, 0.717) is 12.1 Å². The number of hydrogen-bond donors (Lipinski definition) is 1. The van der Waals surface area contributed by atoms with E-state index in [0.717, 1.165) is 24.0 Å². The van der Waals surface area contributed by atoms with E-state index in [4.69, 9.17) is 4.74 Å². The average molecular weight is 291 g/mol. The van der Waals surface area contributed by atoms with Crippen LogP contribution in [0, 0.1) is 11.8 Å². The first-order chi connectivity index (χ1) is 9.92. The van der Waals surface area contributed by atoms with Crippen LogP contribution in [-0.4, -0.2) is 19.2 Å². The second-order valence-electron chi connectivity index (χ2n) is 7.04. The lowest BCUT2D eigenvalue weighted by atomic mass is 9.94. The lowest BCUT2D eigenvalue weighted by Gasteiger charge is -2.26. The number of hydrogen-bond acceptors (Lipinski definition) is 2. The van der Waals surface area contributed by atoms with Gasteiger partial charge in [0.25, 0.3) is 0 Å². The van der Waals surface area contributed by atoms with Gasteiger partial charge in [0, 0.05) is 12.1 Å². The molecule has 1 rings (SSSR count). The summed E-state index contributed by atoms with van der Waals surface area (Å²) in [5.74, 6) is 2.47. The monoisotopic (exact) mass is 291 g/mol. The molecule has 0 saturated carbocycles. The molecule has 1 N–H and O–H groups in total. The fourth-order valence-electron chi connectivity index (χ4n) is 3.03. The average Bonchev–Trinajstić information content (AvgIpc) is 2.37. The molecule has 1 aromatic rings. The molecule has 0 aliphatic carbocycles. The van der Waals surface area contributed by atoms with Crippen molar-refractivity contribution in [3.63, 3.8) is 0 Å². The molecule has 21 heavy (non-hydrogen) atoms. The van der Waals surface area contributed by atoms with Gasteiger partial charge in [0.2, 0.25) is 0 Å². The van der Waals surface area contributed by atoms with Crippen LogP contribution in [0.2, 0.25) is 0 Å². The first-order valence-corrected chi connectivity index (χ1v) is 8.30. The number of methoxy groups -OCH3 is 1. The Kier molecular flexibility index (Phi) is 7.81. The highest BCUT2D eigenvalue weighted by molar-refractivity contribution is 5.33. The summed E-state index contributed by atoms with van der Waals surface area (Å²) in [5.41, 5.74) is 1.29. The molecular weight excluding hydrogens is 258 g/mol. The van der Waals surface area contributed by atoms with Crippen LogP contribution in [0.15, 0.2) is 24.3 Å². The minimum absolute atomic E-state index is 0.462. The van der Waals surface area contributed by atoms with Crippen LogP contribution in [0.25, 0.3) is 0 Å². The highest BCUT2D eigenvalue weighted by atomic mass is 16.5. The minimum atomic E-state index is 0.462. The maximum Gasteiger partial charge on any atom is 0.122 e. The Bertz CT molecular complexity index is 390. The van der Waals surface area contributed by atoms with Gasteiger partial charge in [0.15, 0.2) is 0 Å². The van der Waals surface area contributed by atoms with E-state index in [1.807, 2.05) is 12.1 Å². The number of rotatable bonds is 9. The van der Waals surface area contributed by atoms with Crippen molar-refractivity contribution < 1.29 is 4.74 Å². The third-order valence-corrected chi connectivity index (χ3v) is 3.75. The standard InChI is InChI=1S/C19H33NO/c1-14(2)11-18(12-15(3)4)20-16(5)13-17-9-7-8-10-19(17)21-6/h7-10,14-16,18,20H,11-13H2,1-6H3. The van der Waals surface area contributed by atoms with E-state index in [-0.39, 0.29) is 0 Å². The molecule has 0 aromatic heterocycles. The second-order valence-corrected chi connectivity index (χ2v) is 7.04. The molecule has 2 heteroatoms. The van der Waals surface area contributed by atoms with Gasteiger partial charge < -0.3 is 10.1 Å². The van der Waals surface area contributed by atoms with Gasteiger partial charge in [-0.15, -0.1) is 0 Å². The predicted molar refractivity (Wildman–Crippen MR) is 92.0 cm³/mol. The third kappa shape index (κ3) is 6.99. The van der Waals surface area contributed by atoms with Crippen LogP contribution in [0.5, 0.6) is 5.75 Å². The van der Waals surface area contributed by atoms with Crippen LogP contribution >= 0.6 is 0 Å². The Balaban J connectivity index is 2.62. The summed E-state index contributed by atoms with van der Waals surface area (Å²) in [7, 11) is 1.75. The van der Waals surface area contributed by atoms with E-state index < -0.39 is 0 Å². The zero-order valence-corrected chi connectivity index (χ0v) is 14.6. The molecule has 1 atom stereocenters. The van der Waals surface area contributed by atoms with Crippen LogP contribution in [-0.2, 0) is 6.42 Å². The summed E-state index contributed by atoms with van der Waals surface area (Å²) in [6.45, 7) is 11.5. The highest BCUT2D eigenvalue weighted by Crippen LogP contribution is 2.20. The summed E-state index contributed by atoms with van der Waals surface area (Å²) >= 11 is 0. The summed E-state index contributed by atoms with van der Waals surface area (Å²) < 4.78 is 5.45. The van der Waals surface area contributed by atoms with Crippen molar-refractivity contribution in [3.05, 3.63) is 29.8 Å². The van der Waals surface area contributed by atoms with E-state index in [1.165, 1.54) is 18.4 Å². The van der Waals surface area contributed by atoms with Crippen LogP contribution in [0.1, 0.15) is 53.0 Å². The van der Waals surface area contributed by atoms with Crippen LogP contribution in [0.3, 0.4) is 0 Å². The fourth-order valence-corrected chi connectivity index (χ4v) is 3.03. The SMILES string of the molecule is COc1ccccc1CC(C)NC(CC(C)C)CC(C)C. The Hall–Kier alpha value is -1.02. The van der Waals surface area contributed by atoms with E-state index in [1.54, 1.807) is 7.11 Å². The molecule has 0 radical (unpaired) electrons. The molecular formula is C19H33NO. The van der Waals surface area contributed by atoms with Gasteiger partial charge in [-0.05, 0) is 49.7 Å². The third-order valence-electron chi connectivity index (χ3n) is 3.75. The maximum absolute atomic E-state index is 5.45. The number of para-hydroxylation sites is 1. The van der Waals surface area contributed by atoms with Crippen molar-refractivity contribution in [2.75, 3.05) is 7.11 Å². The smallest absolute Gasteiger partial charge is 0.122 e. The molecule has 0 amide bonds. The molecule has 0 aliphatic heterocycles. The number of ether oxygens (including phenoxy) is 1. The normalized spacial score (nSPS) is 13.2.